The average Bonchev–Trinajstić information content (AvgIpc) is 2.36. The van der Waals surface area contributed by atoms with Gasteiger partial charge in [-0.25, -0.2) is 0 Å². The third-order valence-corrected chi connectivity index (χ3v) is 3.03. The van der Waals surface area contributed by atoms with Crippen molar-refractivity contribution in [2.45, 2.75) is 26.8 Å². The zero-order valence-electron chi connectivity index (χ0n) is 10.9. The minimum atomic E-state index is 0.378. The Labute approximate surface area is 104 Å². The fourth-order valence-corrected chi connectivity index (χ4v) is 1.85. The van der Waals surface area contributed by atoms with Crippen LogP contribution in [0.5, 0.6) is 5.75 Å². The number of phenolic OH excluding ortho intramolecular Hbond substituents is 1. The smallest absolute Gasteiger partial charge is 0.120 e. The molecule has 3 heteroatoms. The normalized spacial score (nSPS) is 11.0. The Kier molecular flexibility index (Phi) is 6.67. The second-order valence-electron chi connectivity index (χ2n) is 4.19. The van der Waals surface area contributed by atoms with Crippen LogP contribution in [0.25, 0.3) is 0 Å². The maximum atomic E-state index is 9.58. The van der Waals surface area contributed by atoms with E-state index in [9.17, 15) is 5.11 Å². The lowest BCUT2D eigenvalue weighted by atomic mass is 10.2. The molecule has 96 valence electrons. The van der Waals surface area contributed by atoms with Gasteiger partial charge in [-0.1, -0.05) is 32.0 Å². The maximum Gasteiger partial charge on any atom is 0.120 e. The largest absolute Gasteiger partial charge is 0.508 e. The fraction of sp³-hybridized carbons (Fsp3) is 0.571. The molecule has 0 aliphatic rings. The van der Waals surface area contributed by atoms with Crippen molar-refractivity contribution in [3.8, 4) is 5.75 Å². The highest BCUT2D eigenvalue weighted by Crippen LogP contribution is 2.14. The van der Waals surface area contributed by atoms with E-state index in [0.717, 1.165) is 44.7 Å². The summed E-state index contributed by atoms with van der Waals surface area (Å²) >= 11 is 0. The molecule has 1 rings (SSSR count). The number of hydrogen-bond donors (Lipinski definition) is 2. The van der Waals surface area contributed by atoms with E-state index < -0.39 is 0 Å². The molecule has 1 aromatic rings. The first-order chi connectivity index (χ1) is 8.27. The minimum absolute atomic E-state index is 0.378. The van der Waals surface area contributed by atoms with Crippen molar-refractivity contribution in [3.63, 3.8) is 0 Å². The molecule has 17 heavy (non-hydrogen) atoms. The highest BCUT2D eigenvalue weighted by molar-refractivity contribution is 5.31. The molecule has 1 aromatic carbocycles. The van der Waals surface area contributed by atoms with Crippen LogP contribution in [0.1, 0.15) is 25.8 Å². The van der Waals surface area contributed by atoms with Crippen molar-refractivity contribution >= 4 is 0 Å². The predicted octanol–water partition coefficient (Wildman–Crippen LogP) is 2.21. The van der Waals surface area contributed by atoms with Crippen LogP contribution in [0, 0.1) is 0 Å². The van der Waals surface area contributed by atoms with Gasteiger partial charge in [0.05, 0.1) is 0 Å². The summed E-state index contributed by atoms with van der Waals surface area (Å²) in [6.45, 7) is 9.50. The molecule has 0 aromatic heterocycles. The summed E-state index contributed by atoms with van der Waals surface area (Å²) in [5, 5.41) is 12.9. The van der Waals surface area contributed by atoms with Gasteiger partial charge in [0.15, 0.2) is 0 Å². The molecule has 0 aliphatic heterocycles. The summed E-state index contributed by atoms with van der Waals surface area (Å²) in [5.74, 6) is 0.378. The SMILES string of the molecule is CCN(CC)CCCNCc1ccccc1O. The minimum Gasteiger partial charge on any atom is -0.508 e. The first-order valence-electron chi connectivity index (χ1n) is 6.47. The Morgan fingerprint density at radius 2 is 1.88 bits per heavy atom. The number of hydrogen-bond acceptors (Lipinski definition) is 3. The average molecular weight is 236 g/mol. The summed E-state index contributed by atoms with van der Waals surface area (Å²) in [5.41, 5.74) is 0.968. The molecule has 0 saturated carbocycles. The molecule has 0 saturated heterocycles. The molecule has 0 aliphatic carbocycles. The Bertz CT molecular complexity index is 311. The topological polar surface area (TPSA) is 35.5 Å². The predicted molar refractivity (Wildman–Crippen MR) is 72.2 cm³/mol. The Morgan fingerprint density at radius 1 is 1.18 bits per heavy atom. The van der Waals surface area contributed by atoms with Gasteiger partial charge in [-0.05, 0) is 38.7 Å². The van der Waals surface area contributed by atoms with Crippen LogP contribution < -0.4 is 5.32 Å². The van der Waals surface area contributed by atoms with E-state index in [-0.39, 0.29) is 0 Å². The summed E-state index contributed by atoms with van der Waals surface area (Å²) in [7, 11) is 0. The number of benzene rings is 1. The van der Waals surface area contributed by atoms with Crippen LogP contribution in [-0.2, 0) is 6.54 Å². The fourth-order valence-electron chi connectivity index (χ4n) is 1.85. The molecule has 0 heterocycles. The van der Waals surface area contributed by atoms with Crippen LogP contribution in [0.4, 0.5) is 0 Å². The van der Waals surface area contributed by atoms with Gasteiger partial charge in [-0.2, -0.15) is 0 Å². The van der Waals surface area contributed by atoms with Gasteiger partial charge in [-0.15, -0.1) is 0 Å². The highest BCUT2D eigenvalue weighted by Gasteiger charge is 2.00. The molecular formula is C14H24N2O. The number of nitrogens with zero attached hydrogens (tertiary/aromatic N) is 1. The van der Waals surface area contributed by atoms with Crippen molar-refractivity contribution < 1.29 is 5.11 Å². The Morgan fingerprint density at radius 3 is 2.53 bits per heavy atom. The zero-order valence-corrected chi connectivity index (χ0v) is 10.9. The van der Waals surface area contributed by atoms with Gasteiger partial charge in [0, 0.05) is 12.1 Å². The van der Waals surface area contributed by atoms with E-state index >= 15 is 0 Å². The highest BCUT2D eigenvalue weighted by atomic mass is 16.3. The number of aromatic hydroxyl groups is 1. The van der Waals surface area contributed by atoms with Crippen molar-refractivity contribution in [2.24, 2.45) is 0 Å². The van der Waals surface area contributed by atoms with E-state index in [2.05, 4.69) is 24.1 Å². The maximum absolute atomic E-state index is 9.58. The van der Waals surface area contributed by atoms with Gasteiger partial charge in [0.25, 0.3) is 0 Å². The first-order valence-corrected chi connectivity index (χ1v) is 6.47. The summed E-state index contributed by atoms with van der Waals surface area (Å²) in [6, 6.07) is 7.48. The lowest BCUT2D eigenvalue weighted by molar-refractivity contribution is 0.298. The Hall–Kier alpha value is -1.06. The van der Waals surface area contributed by atoms with Gasteiger partial charge in [-0.3, -0.25) is 0 Å². The lowest BCUT2D eigenvalue weighted by Crippen LogP contribution is -2.27. The molecule has 0 fully saturated rings. The molecule has 0 atom stereocenters. The quantitative estimate of drug-likeness (QED) is 0.679. The van der Waals surface area contributed by atoms with E-state index in [1.54, 1.807) is 6.07 Å². The van der Waals surface area contributed by atoms with Gasteiger partial charge in [0.2, 0.25) is 0 Å². The second-order valence-corrected chi connectivity index (χ2v) is 4.19. The van der Waals surface area contributed by atoms with Crippen LogP contribution in [0.2, 0.25) is 0 Å². The van der Waals surface area contributed by atoms with Crippen molar-refractivity contribution in [2.75, 3.05) is 26.2 Å². The van der Waals surface area contributed by atoms with Crippen molar-refractivity contribution in [1.29, 1.82) is 0 Å². The lowest BCUT2D eigenvalue weighted by Gasteiger charge is -2.17. The Balaban J connectivity index is 2.14. The molecule has 0 amide bonds. The van der Waals surface area contributed by atoms with Crippen LogP contribution in [0.15, 0.2) is 24.3 Å². The molecule has 2 N–H and O–H groups in total. The molecule has 0 radical (unpaired) electrons. The van der Waals surface area contributed by atoms with E-state index in [1.807, 2.05) is 18.2 Å². The second kappa shape index (κ2) is 8.09. The summed E-state index contributed by atoms with van der Waals surface area (Å²) in [4.78, 5) is 2.42. The zero-order chi connectivity index (χ0) is 12.5. The molecule has 0 unspecified atom stereocenters. The van der Waals surface area contributed by atoms with Crippen molar-refractivity contribution in [3.05, 3.63) is 29.8 Å². The summed E-state index contributed by atoms with van der Waals surface area (Å²) in [6.07, 6.45) is 1.15. The molecule has 0 spiro atoms. The molecule has 3 nitrogen and oxygen atoms in total. The number of para-hydroxylation sites is 1. The van der Waals surface area contributed by atoms with Crippen LogP contribution in [-0.4, -0.2) is 36.2 Å². The first kappa shape index (κ1) is 14.0. The third kappa shape index (κ3) is 5.20. The van der Waals surface area contributed by atoms with Gasteiger partial charge < -0.3 is 15.3 Å². The molecular weight excluding hydrogens is 212 g/mol. The van der Waals surface area contributed by atoms with E-state index in [0.29, 0.717) is 5.75 Å². The third-order valence-electron chi connectivity index (χ3n) is 3.03. The van der Waals surface area contributed by atoms with Gasteiger partial charge in [0.1, 0.15) is 5.75 Å². The standard InChI is InChI=1S/C14H24N2O/c1-3-16(4-2)11-7-10-15-12-13-8-5-6-9-14(13)17/h5-6,8-9,15,17H,3-4,7,10-12H2,1-2H3. The van der Waals surface area contributed by atoms with E-state index in [1.165, 1.54) is 0 Å². The number of rotatable bonds is 8. The number of phenols is 1. The van der Waals surface area contributed by atoms with E-state index in [4.69, 9.17) is 0 Å². The monoisotopic (exact) mass is 236 g/mol. The van der Waals surface area contributed by atoms with Crippen molar-refractivity contribution in [1.82, 2.24) is 10.2 Å². The summed E-state index contributed by atoms with van der Waals surface area (Å²) < 4.78 is 0. The molecule has 0 bridgehead atoms. The van der Waals surface area contributed by atoms with Crippen LogP contribution in [0.3, 0.4) is 0 Å². The number of nitrogens with one attached hydrogen (secondary N) is 1. The van der Waals surface area contributed by atoms with Gasteiger partial charge >= 0.3 is 0 Å². The van der Waals surface area contributed by atoms with Crippen LogP contribution >= 0.6 is 0 Å².